The molecule has 0 radical (unpaired) electrons. The van der Waals surface area contributed by atoms with Crippen LogP contribution < -0.4 is 5.32 Å². The molecule has 0 saturated carbocycles. The summed E-state index contributed by atoms with van der Waals surface area (Å²) in [5.41, 5.74) is 0.615. The van der Waals surface area contributed by atoms with Gasteiger partial charge in [-0.05, 0) is 25.5 Å². The first-order valence-electron chi connectivity index (χ1n) is 7.45. The van der Waals surface area contributed by atoms with Crippen LogP contribution in [0.25, 0.3) is 0 Å². The molecule has 1 fully saturated rings. The van der Waals surface area contributed by atoms with Crippen LogP contribution in [0.5, 0.6) is 0 Å². The Kier molecular flexibility index (Phi) is 4.59. The van der Waals surface area contributed by atoms with Gasteiger partial charge < -0.3 is 4.90 Å². The van der Waals surface area contributed by atoms with E-state index in [4.69, 9.17) is 0 Å². The van der Waals surface area contributed by atoms with E-state index in [2.05, 4.69) is 5.32 Å². The van der Waals surface area contributed by atoms with Crippen LogP contribution >= 0.6 is 0 Å². The third-order valence-corrected chi connectivity index (χ3v) is 3.90. The number of carbonyl (C=O) groups excluding carboxylic acids is 3. The number of piperidine rings is 1. The highest BCUT2D eigenvalue weighted by molar-refractivity contribution is 6.05. The van der Waals surface area contributed by atoms with Crippen LogP contribution in [0, 0.1) is 5.82 Å². The van der Waals surface area contributed by atoms with Crippen LogP contribution in [0.15, 0.2) is 18.2 Å². The number of imide groups is 1. The Labute approximate surface area is 128 Å². The zero-order valence-corrected chi connectivity index (χ0v) is 12.9. The first-order chi connectivity index (χ1) is 10.5. The average Bonchev–Trinajstić information content (AvgIpc) is 2.75. The number of amides is 3. The molecule has 3 rings (SSSR count). The molecule has 0 aromatic heterocycles. The van der Waals surface area contributed by atoms with Crippen molar-refractivity contribution in [2.75, 3.05) is 0 Å². The minimum atomic E-state index is -0.720. The van der Waals surface area contributed by atoms with Gasteiger partial charge in [-0.25, -0.2) is 4.39 Å². The Hall–Kier alpha value is -2.24. The molecule has 2 unspecified atom stereocenters. The molecule has 0 bridgehead atoms. The van der Waals surface area contributed by atoms with Crippen LogP contribution in [0.1, 0.15) is 55.6 Å². The molecule has 118 valence electrons. The van der Waals surface area contributed by atoms with Gasteiger partial charge in [-0.3, -0.25) is 19.7 Å². The van der Waals surface area contributed by atoms with E-state index in [9.17, 15) is 18.8 Å². The number of hydrogen-bond donors (Lipinski definition) is 1. The lowest BCUT2D eigenvalue weighted by molar-refractivity contribution is -0.137. The molecule has 2 heterocycles. The molecule has 1 aromatic rings. The summed E-state index contributed by atoms with van der Waals surface area (Å²) in [4.78, 5) is 36.8. The van der Waals surface area contributed by atoms with Gasteiger partial charge in [-0.15, -0.1) is 0 Å². The van der Waals surface area contributed by atoms with Gasteiger partial charge in [-0.2, -0.15) is 0 Å². The highest BCUT2D eigenvalue weighted by Crippen LogP contribution is 2.37. The Bertz CT molecular complexity index is 630. The number of hydrogen-bond acceptors (Lipinski definition) is 3. The van der Waals surface area contributed by atoms with Gasteiger partial charge in [0.15, 0.2) is 0 Å². The molecule has 1 N–H and O–H groups in total. The largest absolute Gasteiger partial charge is 0.320 e. The number of fused-ring (bicyclic) bond motifs is 1. The molecule has 1 saturated heterocycles. The minimum absolute atomic E-state index is 0.186. The molecule has 5 nitrogen and oxygen atoms in total. The third-order valence-electron chi connectivity index (χ3n) is 3.90. The zero-order chi connectivity index (χ0) is 16.4. The lowest BCUT2D eigenvalue weighted by Crippen LogP contribution is -2.53. The van der Waals surface area contributed by atoms with Gasteiger partial charge >= 0.3 is 0 Å². The Balaban J connectivity index is 0.000000847. The second-order valence-corrected chi connectivity index (χ2v) is 5.06. The molecule has 0 aliphatic carbocycles. The van der Waals surface area contributed by atoms with E-state index in [1.54, 1.807) is 13.0 Å². The monoisotopic (exact) mass is 306 g/mol. The van der Waals surface area contributed by atoms with Gasteiger partial charge in [0, 0.05) is 17.5 Å². The number of halogens is 1. The van der Waals surface area contributed by atoms with Crippen molar-refractivity contribution >= 4 is 17.7 Å². The Morgan fingerprint density at radius 1 is 1.23 bits per heavy atom. The fourth-order valence-corrected chi connectivity index (χ4v) is 2.96. The molecule has 22 heavy (non-hydrogen) atoms. The maximum Gasteiger partial charge on any atom is 0.255 e. The van der Waals surface area contributed by atoms with Crippen molar-refractivity contribution in [3.63, 3.8) is 0 Å². The van der Waals surface area contributed by atoms with Crippen molar-refractivity contribution in [2.24, 2.45) is 0 Å². The number of carbonyl (C=O) groups is 3. The maximum absolute atomic E-state index is 13.9. The molecule has 1 aromatic carbocycles. The van der Waals surface area contributed by atoms with Crippen molar-refractivity contribution in [2.45, 2.75) is 45.7 Å². The smallest absolute Gasteiger partial charge is 0.255 e. The second-order valence-electron chi connectivity index (χ2n) is 5.06. The number of nitrogens with zero attached hydrogens (tertiary/aromatic N) is 1. The van der Waals surface area contributed by atoms with E-state index in [1.165, 1.54) is 17.0 Å². The Morgan fingerprint density at radius 2 is 1.91 bits per heavy atom. The van der Waals surface area contributed by atoms with E-state index in [0.717, 1.165) is 0 Å². The quantitative estimate of drug-likeness (QED) is 0.809. The summed E-state index contributed by atoms with van der Waals surface area (Å²) in [5.74, 6) is -1.64. The van der Waals surface area contributed by atoms with Crippen LogP contribution in [-0.4, -0.2) is 28.7 Å². The van der Waals surface area contributed by atoms with Gasteiger partial charge in [0.25, 0.3) is 5.91 Å². The normalized spacial score (nSPS) is 23.6. The summed E-state index contributed by atoms with van der Waals surface area (Å²) in [6, 6.07) is 3.11. The lowest BCUT2D eigenvalue weighted by atomic mass is 10.0. The fourth-order valence-electron chi connectivity index (χ4n) is 2.96. The van der Waals surface area contributed by atoms with Gasteiger partial charge in [-0.1, -0.05) is 19.9 Å². The molecule has 2 aliphatic rings. The molecular weight excluding hydrogens is 287 g/mol. The second kappa shape index (κ2) is 6.25. The number of benzene rings is 1. The van der Waals surface area contributed by atoms with Crippen LogP contribution in [0.4, 0.5) is 4.39 Å². The predicted molar refractivity (Wildman–Crippen MR) is 78.5 cm³/mol. The summed E-state index contributed by atoms with van der Waals surface area (Å²) < 4.78 is 13.9. The van der Waals surface area contributed by atoms with E-state index >= 15 is 0 Å². The lowest BCUT2D eigenvalue weighted by Gasteiger charge is -2.32. The third kappa shape index (κ3) is 2.49. The SMILES string of the molecule is CC.CC1c2c(F)cccc2C(=O)N1C1CCC(=O)NC1=O. The van der Waals surface area contributed by atoms with Gasteiger partial charge in [0.05, 0.1) is 6.04 Å². The van der Waals surface area contributed by atoms with E-state index in [1.807, 2.05) is 13.8 Å². The maximum atomic E-state index is 13.9. The number of rotatable bonds is 1. The summed E-state index contributed by atoms with van der Waals surface area (Å²) in [7, 11) is 0. The van der Waals surface area contributed by atoms with Gasteiger partial charge in [0.2, 0.25) is 11.8 Å². The predicted octanol–water partition coefficient (Wildman–Crippen LogP) is 2.17. The van der Waals surface area contributed by atoms with Gasteiger partial charge in [0.1, 0.15) is 11.9 Å². The molecule has 6 heteroatoms. The summed E-state index contributed by atoms with van der Waals surface area (Å²) in [6.07, 6.45) is 0.460. The van der Waals surface area contributed by atoms with E-state index in [0.29, 0.717) is 11.1 Å². The van der Waals surface area contributed by atoms with Crippen molar-refractivity contribution < 1.29 is 18.8 Å². The standard InChI is InChI=1S/C14H13FN2O3.C2H6/c1-7-12-8(3-2-4-9(12)15)14(20)17(7)10-5-6-11(18)16-13(10)19;1-2/h2-4,7,10H,5-6H2,1H3,(H,16,18,19);1-2H3. The molecule has 3 amide bonds. The van der Waals surface area contributed by atoms with Crippen molar-refractivity contribution in [1.82, 2.24) is 10.2 Å². The average molecular weight is 306 g/mol. The topological polar surface area (TPSA) is 66.5 Å². The van der Waals surface area contributed by atoms with Crippen LogP contribution in [-0.2, 0) is 9.59 Å². The van der Waals surface area contributed by atoms with Crippen molar-refractivity contribution in [3.8, 4) is 0 Å². The highest BCUT2D eigenvalue weighted by atomic mass is 19.1. The zero-order valence-electron chi connectivity index (χ0n) is 12.9. The highest BCUT2D eigenvalue weighted by Gasteiger charge is 2.44. The summed E-state index contributed by atoms with van der Waals surface area (Å²) in [6.45, 7) is 5.69. The molecule has 0 spiro atoms. The van der Waals surface area contributed by atoms with E-state index in [-0.39, 0.29) is 24.7 Å². The molecular formula is C16H19FN2O3. The first kappa shape index (κ1) is 16.1. The fraction of sp³-hybridized carbons (Fsp3) is 0.438. The summed E-state index contributed by atoms with van der Waals surface area (Å²) >= 11 is 0. The van der Waals surface area contributed by atoms with Crippen molar-refractivity contribution in [1.29, 1.82) is 0 Å². The van der Waals surface area contributed by atoms with Crippen molar-refractivity contribution in [3.05, 3.63) is 35.1 Å². The van der Waals surface area contributed by atoms with E-state index < -0.39 is 23.8 Å². The van der Waals surface area contributed by atoms with Crippen LogP contribution in [0.2, 0.25) is 0 Å². The minimum Gasteiger partial charge on any atom is -0.320 e. The summed E-state index contributed by atoms with van der Waals surface area (Å²) in [5, 5.41) is 2.22. The number of nitrogens with one attached hydrogen (secondary N) is 1. The molecule has 2 aliphatic heterocycles. The Morgan fingerprint density at radius 3 is 2.50 bits per heavy atom. The molecule has 2 atom stereocenters. The van der Waals surface area contributed by atoms with Crippen LogP contribution in [0.3, 0.4) is 0 Å². The first-order valence-corrected chi connectivity index (χ1v) is 7.45.